The summed E-state index contributed by atoms with van der Waals surface area (Å²) < 4.78 is 13.4. The predicted octanol–water partition coefficient (Wildman–Crippen LogP) is 4.25. The Kier molecular flexibility index (Phi) is 6.19. The molecule has 6 heteroatoms. The van der Waals surface area contributed by atoms with E-state index in [1.807, 2.05) is 0 Å². The maximum absolute atomic E-state index is 13.4. The first-order valence-electron chi connectivity index (χ1n) is 6.75. The highest BCUT2D eigenvalue weighted by Gasteiger charge is 2.07. The number of rotatable bonds is 6. The molecular formula is C16H15Cl2FN2O. The molecule has 116 valence electrons. The number of anilines is 1. The van der Waals surface area contributed by atoms with Gasteiger partial charge in [0.05, 0.1) is 10.7 Å². The highest BCUT2D eigenvalue weighted by Crippen LogP contribution is 2.25. The van der Waals surface area contributed by atoms with Crippen LogP contribution >= 0.6 is 23.2 Å². The van der Waals surface area contributed by atoms with E-state index in [4.69, 9.17) is 23.2 Å². The van der Waals surface area contributed by atoms with Gasteiger partial charge in [-0.2, -0.15) is 0 Å². The van der Waals surface area contributed by atoms with Gasteiger partial charge in [0.25, 0.3) is 0 Å². The first-order chi connectivity index (χ1) is 10.6. The minimum atomic E-state index is -0.259. The average Bonchev–Trinajstić information content (AvgIpc) is 2.49. The molecule has 2 N–H and O–H groups in total. The Bertz CT molecular complexity index is 664. The maximum Gasteiger partial charge on any atom is 0.225 e. The zero-order chi connectivity index (χ0) is 15.9. The lowest BCUT2D eigenvalue weighted by molar-refractivity contribution is -0.116. The summed E-state index contributed by atoms with van der Waals surface area (Å²) >= 11 is 11.8. The second-order valence-corrected chi connectivity index (χ2v) is 5.53. The van der Waals surface area contributed by atoms with E-state index in [0.717, 1.165) is 0 Å². The van der Waals surface area contributed by atoms with Crippen molar-refractivity contribution in [2.75, 3.05) is 11.9 Å². The molecule has 0 aromatic heterocycles. The van der Waals surface area contributed by atoms with Crippen LogP contribution in [-0.2, 0) is 11.3 Å². The van der Waals surface area contributed by atoms with Gasteiger partial charge in [0.2, 0.25) is 5.91 Å². The van der Waals surface area contributed by atoms with Gasteiger partial charge in [0.15, 0.2) is 0 Å². The number of benzene rings is 2. The number of hydrogen-bond acceptors (Lipinski definition) is 2. The minimum Gasteiger partial charge on any atom is -0.325 e. The van der Waals surface area contributed by atoms with Crippen LogP contribution in [0.2, 0.25) is 10.0 Å². The fraction of sp³-hybridized carbons (Fsp3) is 0.188. The lowest BCUT2D eigenvalue weighted by Crippen LogP contribution is -2.22. The molecule has 0 aliphatic rings. The zero-order valence-electron chi connectivity index (χ0n) is 11.7. The lowest BCUT2D eigenvalue weighted by atomic mass is 10.2. The summed E-state index contributed by atoms with van der Waals surface area (Å²) in [4.78, 5) is 11.8. The number of carbonyl (C=O) groups is 1. The molecule has 0 aliphatic heterocycles. The van der Waals surface area contributed by atoms with E-state index < -0.39 is 0 Å². The van der Waals surface area contributed by atoms with Gasteiger partial charge in [-0.1, -0.05) is 41.4 Å². The zero-order valence-corrected chi connectivity index (χ0v) is 13.2. The highest BCUT2D eigenvalue weighted by atomic mass is 35.5. The van der Waals surface area contributed by atoms with Crippen molar-refractivity contribution in [1.82, 2.24) is 5.32 Å². The molecule has 0 radical (unpaired) electrons. The normalized spacial score (nSPS) is 10.5. The maximum atomic E-state index is 13.4. The third-order valence-corrected chi connectivity index (χ3v) is 3.57. The Labute approximate surface area is 138 Å². The molecule has 0 saturated carbocycles. The monoisotopic (exact) mass is 340 g/mol. The van der Waals surface area contributed by atoms with E-state index in [-0.39, 0.29) is 18.1 Å². The summed E-state index contributed by atoms with van der Waals surface area (Å²) in [6, 6.07) is 11.4. The Morgan fingerprint density at radius 1 is 1.14 bits per heavy atom. The van der Waals surface area contributed by atoms with Gasteiger partial charge in [-0.05, 0) is 24.3 Å². The van der Waals surface area contributed by atoms with E-state index in [9.17, 15) is 9.18 Å². The number of halogens is 3. The molecule has 1 amide bonds. The molecule has 2 aromatic carbocycles. The van der Waals surface area contributed by atoms with Crippen LogP contribution in [0.3, 0.4) is 0 Å². The lowest BCUT2D eigenvalue weighted by Gasteiger charge is -2.09. The minimum absolute atomic E-state index is 0.190. The van der Waals surface area contributed by atoms with Crippen molar-refractivity contribution in [3.63, 3.8) is 0 Å². The summed E-state index contributed by atoms with van der Waals surface area (Å²) in [5.74, 6) is -0.449. The molecule has 0 unspecified atom stereocenters. The van der Waals surface area contributed by atoms with Gasteiger partial charge in [0.1, 0.15) is 5.82 Å². The molecule has 2 rings (SSSR count). The van der Waals surface area contributed by atoms with Crippen LogP contribution in [0.4, 0.5) is 10.1 Å². The average molecular weight is 341 g/mol. The van der Waals surface area contributed by atoms with Crippen LogP contribution in [0.1, 0.15) is 12.0 Å². The third kappa shape index (κ3) is 4.98. The van der Waals surface area contributed by atoms with Crippen LogP contribution in [-0.4, -0.2) is 12.5 Å². The SMILES string of the molecule is O=C(CCNCc1ccccc1F)Nc1cc(Cl)ccc1Cl. The fourth-order valence-electron chi connectivity index (χ4n) is 1.87. The van der Waals surface area contributed by atoms with Crippen LogP contribution in [0.25, 0.3) is 0 Å². The van der Waals surface area contributed by atoms with E-state index >= 15 is 0 Å². The van der Waals surface area contributed by atoms with Gasteiger partial charge in [0, 0.05) is 30.1 Å². The van der Waals surface area contributed by atoms with Crippen molar-refractivity contribution in [1.29, 1.82) is 0 Å². The van der Waals surface area contributed by atoms with Crippen LogP contribution in [0, 0.1) is 5.82 Å². The van der Waals surface area contributed by atoms with Crippen molar-refractivity contribution >= 4 is 34.8 Å². The molecule has 0 spiro atoms. The van der Waals surface area contributed by atoms with Gasteiger partial charge in [-0.25, -0.2) is 4.39 Å². The highest BCUT2D eigenvalue weighted by molar-refractivity contribution is 6.35. The van der Waals surface area contributed by atoms with E-state index in [1.165, 1.54) is 6.07 Å². The van der Waals surface area contributed by atoms with Crippen molar-refractivity contribution in [2.24, 2.45) is 0 Å². The topological polar surface area (TPSA) is 41.1 Å². The van der Waals surface area contributed by atoms with Crippen molar-refractivity contribution in [3.05, 3.63) is 63.9 Å². The summed E-state index contributed by atoms with van der Waals surface area (Å²) in [7, 11) is 0. The van der Waals surface area contributed by atoms with Gasteiger partial charge in [-0.15, -0.1) is 0 Å². The smallest absolute Gasteiger partial charge is 0.225 e. The molecule has 0 atom stereocenters. The first-order valence-corrected chi connectivity index (χ1v) is 7.51. The van der Waals surface area contributed by atoms with E-state index in [2.05, 4.69) is 10.6 Å². The fourth-order valence-corrected chi connectivity index (χ4v) is 2.21. The number of amides is 1. The van der Waals surface area contributed by atoms with Gasteiger partial charge >= 0.3 is 0 Å². The first kappa shape index (κ1) is 16.7. The summed E-state index contributed by atoms with van der Waals surface area (Å²) in [5, 5.41) is 6.64. The quantitative estimate of drug-likeness (QED) is 0.771. The molecular weight excluding hydrogens is 326 g/mol. The molecule has 3 nitrogen and oxygen atoms in total. The van der Waals surface area contributed by atoms with Crippen molar-refractivity contribution < 1.29 is 9.18 Å². The van der Waals surface area contributed by atoms with E-state index in [0.29, 0.717) is 34.4 Å². The van der Waals surface area contributed by atoms with E-state index in [1.54, 1.807) is 36.4 Å². The largest absolute Gasteiger partial charge is 0.325 e. The molecule has 2 aromatic rings. The molecule has 0 aliphatic carbocycles. The van der Waals surface area contributed by atoms with Crippen LogP contribution in [0.15, 0.2) is 42.5 Å². The Morgan fingerprint density at radius 3 is 2.68 bits per heavy atom. The Hall–Kier alpha value is -1.62. The second-order valence-electron chi connectivity index (χ2n) is 4.69. The summed E-state index contributed by atoms with van der Waals surface area (Å²) in [6.07, 6.45) is 0.247. The molecule has 22 heavy (non-hydrogen) atoms. The Balaban J connectivity index is 1.76. The summed E-state index contributed by atoms with van der Waals surface area (Å²) in [5.41, 5.74) is 1.05. The van der Waals surface area contributed by atoms with Crippen LogP contribution in [0.5, 0.6) is 0 Å². The van der Waals surface area contributed by atoms with Crippen molar-refractivity contribution in [3.8, 4) is 0 Å². The second kappa shape index (κ2) is 8.13. The standard InChI is InChI=1S/C16H15Cl2FN2O/c17-12-5-6-13(18)15(9-12)21-16(22)7-8-20-10-11-3-1-2-4-14(11)19/h1-6,9,20H,7-8,10H2,(H,21,22). The predicted molar refractivity (Wildman–Crippen MR) is 87.8 cm³/mol. The molecule has 0 heterocycles. The third-order valence-electron chi connectivity index (χ3n) is 3.00. The van der Waals surface area contributed by atoms with Crippen LogP contribution < -0.4 is 10.6 Å². The number of carbonyl (C=O) groups excluding carboxylic acids is 1. The number of nitrogens with one attached hydrogen (secondary N) is 2. The Morgan fingerprint density at radius 2 is 1.91 bits per heavy atom. The summed E-state index contributed by atoms with van der Waals surface area (Å²) in [6.45, 7) is 0.802. The van der Waals surface area contributed by atoms with Gasteiger partial charge < -0.3 is 10.6 Å². The van der Waals surface area contributed by atoms with Crippen molar-refractivity contribution in [2.45, 2.75) is 13.0 Å². The molecule has 0 fully saturated rings. The number of hydrogen-bond donors (Lipinski definition) is 2. The van der Waals surface area contributed by atoms with Gasteiger partial charge in [-0.3, -0.25) is 4.79 Å². The molecule has 0 bridgehead atoms. The molecule has 0 saturated heterocycles.